The fourth-order valence-corrected chi connectivity index (χ4v) is 4.85. The van der Waals surface area contributed by atoms with Crippen molar-refractivity contribution in [1.82, 2.24) is 10.2 Å². The second-order valence-electron chi connectivity index (χ2n) is 9.04. The molecule has 1 aliphatic rings. The van der Waals surface area contributed by atoms with Gasteiger partial charge in [0.25, 0.3) is 15.9 Å². The van der Waals surface area contributed by atoms with Gasteiger partial charge in [-0.15, -0.1) is 0 Å². The lowest BCUT2D eigenvalue weighted by molar-refractivity contribution is -0.126. The van der Waals surface area contributed by atoms with Crippen molar-refractivity contribution in [3.8, 4) is 0 Å². The molecule has 1 fully saturated rings. The van der Waals surface area contributed by atoms with Crippen molar-refractivity contribution in [1.29, 1.82) is 0 Å². The highest BCUT2D eigenvalue weighted by Gasteiger charge is 2.28. The van der Waals surface area contributed by atoms with Crippen molar-refractivity contribution < 1.29 is 18.0 Å². The van der Waals surface area contributed by atoms with Crippen molar-refractivity contribution in [2.75, 3.05) is 24.4 Å². The summed E-state index contributed by atoms with van der Waals surface area (Å²) < 4.78 is 27.9. The summed E-state index contributed by atoms with van der Waals surface area (Å²) in [5, 5.41) is 3.00. The number of piperidine rings is 1. The van der Waals surface area contributed by atoms with Crippen LogP contribution in [0.15, 0.2) is 53.4 Å². The monoisotopic (exact) mass is 471 g/mol. The zero-order valence-corrected chi connectivity index (χ0v) is 20.3. The van der Waals surface area contributed by atoms with E-state index in [2.05, 4.69) is 23.9 Å². The summed E-state index contributed by atoms with van der Waals surface area (Å²) in [7, 11) is -3.75. The highest BCUT2D eigenvalue weighted by atomic mass is 32.2. The van der Waals surface area contributed by atoms with Crippen molar-refractivity contribution >= 4 is 27.5 Å². The minimum absolute atomic E-state index is 0.0651. The Hall–Kier alpha value is -2.87. The molecule has 2 amide bonds. The summed E-state index contributed by atoms with van der Waals surface area (Å²) in [6.07, 6.45) is 2.20. The number of carbonyl (C=O) groups excluding carboxylic acids is 2. The second-order valence-corrected chi connectivity index (χ2v) is 10.7. The highest BCUT2D eigenvalue weighted by Crippen LogP contribution is 2.22. The van der Waals surface area contributed by atoms with Gasteiger partial charge in [-0.1, -0.05) is 37.6 Å². The molecule has 3 rings (SSSR count). The first-order chi connectivity index (χ1) is 15.7. The van der Waals surface area contributed by atoms with Gasteiger partial charge >= 0.3 is 0 Å². The third-order valence-corrected chi connectivity index (χ3v) is 7.26. The maximum Gasteiger partial charge on any atom is 0.261 e. The molecule has 0 radical (unpaired) electrons. The normalized spacial score (nSPS) is 14.8. The number of anilines is 1. The quantitative estimate of drug-likeness (QED) is 0.612. The number of sulfonamides is 1. The fraction of sp³-hybridized carbons (Fsp3) is 0.440. The Labute approximate surface area is 196 Å². The topological polar surface area (TPSA) is 95.6 Å². The molecule has 0 spiro atoms. The van der Waals surface area contributed by atoms with Crippen LogP contribution in [0.25, 0.3) is 0 Å². The third-order valence-electron chi connectivity index (χ3n) is 5.87. The van der Waals surface area contributed by atoms with E-state index >= 15 is 0 Å². The number of carbonyl (C=O) groups is 2. The van der Waals surface area contributed by atoms with E-state index < -0.39 is 10.0 Å². The summed E-state index contributed by atoms with van der Waals surface area (Å²) in [5.41, 5.74) is 1.72. The van der Waals surface area contributed by atoms with Gasteiger partial charge in [0.2, 0.25) is 5.91 Å². The van der Waals surface area contributed by atoms with Crippen molar-refractivity contribution in [3.63, 3.8) is 0 Å². The van der Waals surface area contributed by atoms with Crippen LogP contribution in [-0.2, 0) is 14.8 Å². The molecular weight excluding hydrogens is 438 g/mol. The first-order valence-corrected chi connectivity index (χ1v) is 12.9. The van der Waals surface area contributed by atoms with E-state index in [-0.39, 0.29) is 22.6 Å². The second kappa shape index (κ2) is 10.8. The van der Waals surface area contributed by atoms with Crippen LogP contribution in [0.2, 0.25) is 0 Å². The Bertz CT molecular complexity index is 1070. The van der Waals surface area contributed by atoms with E-state index in [9.17, 15) is 18.0 Å². The van der Waals surface area contributed by atoms with Gasteiger partial charge in [-0.2, -0.15) is 0 Å². The average Bonchev–Trinajstić information content (AvgIpc) is 2.78. The van der Waals surface area contributed by atoms with Gasteiger partial charge < -0.3 is 10.2 Å². The molecule has 0 saturated carbocycles. The molecular formula is C25H33N3O4S. The van der Waals surface area contributed by atoms with Gasteiger partial charge in [0, 0.05) is 36.8 Å². The molecule has 0 unspecified atom stereocenters. The van der Waals surface area contributed by atoms with Gasteiger partial charge in [-0.05, 0) is 62.4 Å². The molecule has 1 saturated heterocycles. The van der Waals surface area contributed by atoms with Gasteiger partial charge in [0.15, 0.2) is 0 Å². The Kier molecular flexibility index (Phi) is 8.13. The first kappa shape index (κ1) is 24.8. The number of nitrogens with zero attached hydrogens (tertiary/aromatic N) is 1. The van der Waals surface area contributed by atoms with Crippen LogP contribution in [0.3, 0.4) is 0 Å². The Balaban J connectivity index is 1.59. The largest absolute Gasteiger partial charge is 0.356 e. The summed E-state index contributed by atoms with van der Waals surface area (Å²) in [6, 6.07) is 13.1. The Morgan fingerprint density at radius 3 is 2.36 bits per heavy atom. The summed E-state index contributed by atoms with van der Waals surface area (Å²) in [6.45, 7) is 7.82. The molecule has 8 heteroatoms. The number of likely N-dealkylation sites (tertiary alicyclic amines) is 1. The van der Waals surface area contributed by atoms with Crippen LogP contribution in [0.5, 0.6) is 0 Å². The number of aryl methyl sites for hydroxylation is 1. The number of rotatable bonds is 8. The molecule has 1 heterocycles. The van der Waals surface area contributed by atoms with Crippen LogP contribution in [-0.4, -0.2) is 44.8 Å². The lowest BCUT2D eigenvalue weighted by Gasteiger charge is -2.31. The zero-order chi connectivity index (χ0) is 24.0. The van der Waals surface area contributed by atoms with Gasteiger partial charge in [-0.25, -0.2) is 8.42 Å². The zero-order valence-electron chi connectivity index (χ0n) is 19.5. The maximum atomic E-state index is 13.0. The number of hydrogen-bond donors (Lipinski definition) is 2. The molecule has 2 aromatic carbocycles. The lowest BCUT2D eigenvalue weighted by Crippen LogP contribution is -2.43. The molecule has 0 bridgehead atoms. The third kappa shape index (κ3) is 6.81. The predicted octanol–water partition coefficient (Wildman–Crippen LogP) is 3.81. The SMILES string of the molecule is Cc1ccc(S(=O)(=O)Nc2cccc(C(=O)N3CCC(C(=O)NCCC(C)C)CC3)c2)cc1. The van der Waals surface area contributed by atoms with Crippen molar-refractivity contribution in [2.45, 2.75) is 44.9 Å². The minimum atomic E-state index is -3.75. The molecule has 178 valence electrons. The van der Waals surface area contributed by atoms with Crippen LogP contribution in [0.1, 0.15) is 49.0 Å². The molecule has 0 aliphatic carbocycles. The van der Waals surface area contributed by atoms with E-state index in [0.29, 0.717) is 49.6 Å². The maximum absolute atomic E-state index is 13.0. The van der Waals surface area contributed by atoms with Gasteiger partial charge in [0.05, 0.1) is 4.90 Å². The molecule has 1 aliphatic heterocycles. The predicted molar refractivity (Wildman–Crippen MR) is 130 cm³/mol. The number of amides is 2. The van der Waals surface area contributed by atoms with Crippen LogP contribution in [0.4, 0.5) is 5.69 Å². The smallest absolute Gasteiger partial charge is 0.261 e. The Morgan fingerprint density at radius 1 is 1.06 bits per heavy atom. The standard InChI is InChI=1S/C25H33N3O4S/c1-18(2)11-14-26-24(29)20-12-15-28(16-13-20)25(30)21-5-4-6-22(17-21)27-33(31,32)23-9-7-19(3)8-10-23/h4-10,17-18,20,27H,11-16H2,1-3H3,(H,26,29). The van der Waals surface area contributed by atoms with Crippen LogP contribution < -0.4 is 10.0 Å². The summed E-state index contributed by atoms with van der Waals surface area (Å²) >= 11 is 0. The molecule has 0 atom stereocenters. The van der Waals surface area contributed by atoms with E-state index in [1.54, 1.807) is 53.4 Å². The minimum Gasteiger partial charge on any atom is -0.356 e. The van der Waals surface area contributed by atoms with E-state index in [1.165, 1.54) is 0 Å². The average molecular weight is 472 g/mol. The van der Waals surface area contributed by atoms with Gasteiger partial charge in [-0.3, -0.25) is 14.3 Å². The van der Waals surface area contributed by atoms with Crippen LogP contribution in [0, 0.1) is 18.8 Å². The summed E-state index contributed by atoms with van der Waals surface area (Å²) in [5.74, 6) is 0.371. The van der Waals surface area contributed by atoms with E-state index in [4.69, 9.17) is 0 Å². The first-order valence-electron chi connectivity index (χ1n) is 11.4. The van der Waals surface area contributed by atoms with Crippen molar-refractivity contribution in [2.24, 2.45) is 11.8 Å². The number of hydrogen-bond acceptors (Lipinski definition) is 4. The van der Waals surface area contributed by atoms with E-state index in [0.717, 1.165) is 12.0 Å². The summed E-state index contributed by atoms with van der Waals surface area (Å²) in [4.78, 5) is 27.2. The van der Waals surface area contributed by atoms with Gasteiger partial charge in [0.1, 0.15) is 0 Å². The molecule has 0 aromatic heterocycles. The number of benzene rings is 2. The highest BCUT2D eigenvalue weighted by molar-refractivity contribution is 7.92. The van der Waals surface area contributed by atoms with E-state index in [1.807, 2.05) is 6.92 Å². The van der Waals surface area contributed by atoms with Crippen molar-refractivity contribution in [3.05, 3.63) is 59.7 Å². The lowest BCUT2D eigenvalue weighted by atomic mass is 9.95. The fourth-order valence-electron chi connectivity index (χ4n) is 3.80. The molecule has 2 aromatic rings. The molecule has 2 N–H and O–H groups in total. The molecule has 33 heavy (non-hydrogen) atoms. The number of nitrogens with one attached hydrogen (secondary N) is 2. The Morgan fingerprint density at radius 2 is 1.73 bits per heavy atom. The van der Waals surface area contributed by atoms with Crippen LogP contribution >= 0.6 is 0 Å². The molecule has 7 nitrogen and oxygen atoms in total.